The summed E-state index contributed by atoms with van der Waals surface area (Å²) in [6.07, 6.45) is 0.992. The number of anilines is 1. The highest BCUT2D eigenvalue weighted by atomic mass is 79.9. The number of carbonyl (C=O) groups excluding carboxylic acids is 1. The minimum Gasteiger partial charge on any atom is -0.295 e. The van der Waals surface area contributed by atoms with Gasteiger partial charge in [0.05, 0.1) is 4.47 Å². The van der Waals surface area contributed by atoms with Crippen molar-refractivity contribution in [3.05, 3.63) is 22.6 Å². The summed E-state index contributed by atoms with van der Waals surface area (Å²) >= 11 is 2.94. The number of hydrogen-bond acceptors (Lipinski definition) is 4. The van der Waals surface area contributed by atoms with E-state index < -0.39 is 26.0 Å². The van der Waals surface area contributed by atoms with Crippen molar-refractivity contribution in [2.24, 2.45) is 0 Å². The third kappa shape index (κ3) is 2.65. The molecule has 1 saturated heterocycles. The van der Waals surface area contributed by atoms with Crippen LogP contribution in [0.25, 0.3) is 0 Å². The number of nitrogens with zero attached hydrogens (tertiary/aromatic N) is 2. The number of hydrogen-bond donors (Lipinski definition) is 0. The fraction of sp³-hybridized carbons (Fsp3) is 0.333. The molecule has 2 heterocycles. The maximum atomic E-state index is 13.3. The lowest BCUT2D eigenvalue weighted by Gasteiger charge is -2.14. The first-order valence-electron chi connectivity index (χ1n) is 4.84. The largest absolute Gasteiger partial charge is 0.295 e. The summed E-state index contributed by atoms with van der Waals surface area (Å²) in [6, 6.07) is 1.06. The Labute approximate surface area is 115 Å². The van der Waals surface area contributed by atoms with E-state index in [0.717, 1.165) is 11.0 Å². The second kappa shape index (κ2) is 4.75. The van der Waals surface area contributed by atoms with Gasteiger partial charge in [0.2, 0.25) is 15.0 Å². The minimum atomic E-state index is -3.82. The molecule has 0 saturated carbocycles. The normalized spacial score (nSPS) is 20.5. The zero-order chi connectivity index (χ0) is 13.5. The second-order valence-corrected chi connectivity index (χ2v) is 7.53. The number of aromatic nitrogens is 1. The molecule has 9 heteroatoms. The average Bonchev–Trinajstić information content (AvgIpc) is 2.64. The number of rotatable bonds is 2. The van der Waals surface area contributed by atoms with Crippen molar-refractivity contribution >= 4 is 47.4 Å². The first kappa shape index (κ1) is 13.7. The first-order valence-corrected chi connectivity index (χ1v) is 8.00. The van der Waals surface area contributed by atoms with Crippen molar-refractivity contribution in [1.29, 1.82) is 0 Å². The molecular formula is C9H7BrClFN2O3S. The number of carbonyl (C=O) groups is 1. The molecule has 1 unspecified atom stereocenters. The molecular weight excluding hydrogens is 351 g/mol. The van der Waals surface area contributed by atoms with E-state index in [0.29, 0.717) is 0 Å². The van der Waals surface area contributed by atoms with E-state index in [9.17, 15) is 17.6 Å². The lowest BCUT2D eigenvalue weighted by Crippen LogP contribution is -2.27. The van der Waals surface area contributed by atoms with Gasteiger partial charge >= 0.3 is 0 Å². The standard InChI is InChI=1S/C9H7BrClFN2O3S/c10-6-3-13-8(2-7(6)12)14-4-5(1-9(14)15)18(11,16)17/h2-3,5H,1,4H2. The summed E-state index contributed by atoms with van der Waals surface area (Å²) < 4.78 is 35.8. The van der Waals surface area contributed by atoms with Crippen LogP contribution in [0, 0.1) is 5.82 Å². The highest BCUT2D eigenvalue weighted by Crippen LogP contribution is 2.27. The number of halogens is 3. The van der Waals surface area contributed by atoms with Crippen molar-refractivity contribution in [1.82, 2.24) is 4.98 Å². The van der Waals surface area contributed by atoms with Gasteiger partial charge in [0.15, 0.2) is 0 Å². The Balaban J connectivity index is 2.30. The Kier molecular flexibility index (Phi) is 3.61. The summed E-state index contributed by atoms with van der Waals surface area (Å²) in [5.41, 5.74) is 0. The predicted molar refractivity (Wildman–Crippen MR) is 67.4 cm³/mol. The molecule has 18 heavy (non-hydrogen) atoms. The summed E-state index contributed by atoms with van der Waals surface area (Å²) in [6.45, 7) is -0.112. The summed E-state index contributed by atoms with van der Waals surface area (Å²) in [4.78, 5) is 16.6. The van der Waals surface area contributed by atoms with E-state index in [1.54, 1.807) is 0 Å². The Hall–Kier alpha value is -0.730. The maximum Gasteiger partial charge on any atom is 0.237 e. The van der Waals surface area contributed by atoms with E-state index in [-0.39, 0.29) is 23.3 Å². The monoisotopic (exact) mass is 356 g/mol. The van der Waals surface area contributed by atoms with Crippen LogP contribution in [-0.2, 0) is 13.8 Å². The molecule has 0 bridgehead atoms. The molecule has 0 spiro atoms. The zero-order valence-corrected chi connectivity index (χ0v) is 12.0. The lowest BCUT2D eigenvalue weighted by atomic mass is 10.4. The highest BCUT2D eigenvalue weighted by Gasteiger charge is 2.38. The maximum absolute atomic E-state index is 13.3. The molecule has 98 valence electrons. The Morgan fingerprint density at radius 3 is 2.72 bits per heavy atom. The van der Waals surface area contributed by atoms with Crippen molar-refractivity contribution in [2.45, 2.75) is 11.7 Å². The molecule has 2 rings (SSSR count). The molecule has 1 amide bonds. The number of pyridine rings is 1. The van der Waals surface area contributed by atoms with Crippen LogP contribution in [0.5, 0.6) is 0 Å². The fourth-order valence-electron chi connectivity index (χ4n) is 1.64. The van der Waals surface area contributed by atoms with E-state index in [1.165, 1.54) is 6.20 Å². The molecule has 0 aliphatic carbocycles. The molecule has 0 radical (unpaired) electrons. The lowest BCUT2D eigenvalue weighted by molar-refractivity contribution is -0.117. The topological polar surface area (TPSA) is 67.3 Å². The average molecular weight is 358 g/mol. The van der Waals surface area contributed by atoms with Crippen molar-refractivity contribution in [3.8, 4) is 0 Å². The molecule has 1 aromatic heterocycles. The molecule has 1 aliphatic heterocycles. The molecule has 1 aliphatic rings. The Bertz CT molecular complexity index is 610. The first-order chi connectivity index (χ1) is 8.29. The smallest absolute Gasteiger partial charge is 0.237 e. The van der Waals surface area contributed by atoms with Gasteiger partial charge in [-0.05, 0) is 15.9 Å². The van der Waals surface area contributed by atoms with Gasteiger partial charge < -0.3 is 0 Å². The van der Waals surface area contributed by atoms with Crippen molar-refractivity contribution in [3.63, 3.8) is 0 Å². The quantitative estimate of drug-likeness (QED) is 0.755. The predicted octanol–water partition coefficient (Wildman–Crippen LogP) is 1.66. The van der Waals surface area contributed by atoms with Crippen LogP contribution in [0.3, 0.4) is 0 Å². The summed E-state index contributed by atoms with van der Waals surface area (Å²) in [5, 5.41) is -0.986. The molecule has 5 nitrogen and oxygen atoms in total. The third-order valence-electron chi connectivity index (χ3n) is 2.56. The SMILES string of the molecule is O=C1CC(S(=O)(=O)Cl)CN1c1cc(F)c(Br)cn1. The van der Waals surface area contributed by atoms with Crippen molar-refractivity contribution in [2.75, 3.05) is 11.4 Å². The number of amides is 1. The van der Waals surface area contributed by atoms with Gasteiger partial charge in [0.1, 0.15) is 16.9 Å². The van der Waals surface area contributed by atoms with E-state index in [1.807, 2.05) is 0 Å². The van der Waals surface area contributed by atoms with Gasteiger partial charge in [-0.1, -0.05) is 0 Å². The van der Waals surface area contributed by atoms with E-state index in [2.05, 4.69) is 20.9 Å². The van der Waals surface area contributed by atoms with Crippen LogP contribution in [-0.4, -0.2) is 31.1 Å². The molecule has 1 aromatic rings. The van der Waals surface area contributed by atoms with Crippen LogP contribution in [0.2, 0.25) is 0 Å². The van der Waals surface area contributed by atoms with Gasteiger partial charge in [0.25, 0.3) is 0 Å². The van der Waals surface area contributed by atoms with E-state index >= 15 is 0 Å². The molecule has 1 fully saturated rings. The van der Waals surface area contributed by atoms with Crippen LogP contribution in [0.4, 0.5) is 10.2 Å². The fourth-order valence-corrected chi connectivity index (χ4v) is 2.88. The van der Waals surface area contributed by atoms with Crippen molar-refractivity contribution < 1.29 is 17.6 Å². The summed E-state index contributed by atoms with van der Waals surface area (Å²) in [5.74, 6) is -0.952. The molecule has 0 N–H and O–H groups in total. The van der Waals surface area contributed by atoms with Gasteiger partial charge in [-0.3, -0.25) is 9.69 Å². The van der Waals surface area contributed by atoms with Gasteiger partial charge in [0, 0.05) is 35.9 Å². The highest BCUT2D eigenvalue weighted by molar-refractivity contribution is 9.10. The second-order valence-electron chi connectivity index (χ2n) is 3.76. The Morgan fingerprint density at radius 2 is 2.22 bits per heavy atom. The van der Waals surface area contributed by atoms with Crippen LogP contribution >= 0.6 is 26.6 Å². The Morgan fingerprint density at radius 1 is 1.56 bits per heavy atom. The third-order valence-corrected chi connectivity index (χ3v) is 5.01. The van der Waals surface area contributed by atoms with Crippen LogP contribution < -0.4 is 4.90 Å². The zero-order valence-electron chi connectivity index (χ0n) is 8.81. The summed E-state index contributed by atoms with van der Waals surface area (Å²) in [7, 11) is 1.39. The molecule has 1 atom stereocenters. The van der Waals surface area contributed by atoms with Gasteiger partial charge in [-0.2, -0.15) is 0 Å². The minimum absolute atomic E-state index is 0.0727. The van der Waals surface area contributed by atoms with Gasteiger partial charge in [-0.25, -0.2) is 17.8 Å². The van der Waals surface area contributed by atoms with Gasteiger partial charge in [-0.15, -0.1) is 0 Å². The molecule has 0 aromatic carbocycles. The van der Waals surface area contributed by atoms with E-state index in [4.69, 9.17) is 10.7 Å². The van der Waals surface area contributed by atoms with Crippen LogP contribution in [0.1, 0.15) is 6.42 Å². The van der Waals surface area contributed by atoms with Crippen LogP contribution in [0.15, 0.2) is 16.7 Å².